The van der Waals surface area contributed by atoms with Gasteiger partial charge in [-0.2, -0.15) is 0 Å². The molecule has 1 aromatic carbocycles. The normalized spacial score (nSPS) is 10.1. The predicted molar refractivity (Wildman–Crippen MR) is 70.3 cm³/mol. The molecule has 0 aliphatic rings. The Morgan fingerprint density at radius 2 is 2.25 bits per heavy atom. The number of carbonyl (C=O) groups is 2. The number of nitrogens with one attached hydrogen (secondary N) is 1. The molecule has 0 radical (unpaired) electrons. The lowest BCUT2D eigenvalue weighted by Crippen LogP contribution is -2.27. The maximum Gasteiger partial charge on any atom is 0.242 e. The summed E-state index contributed by atoms with van der Waals surface area (Å²) in [4.78, 5) is 22.2. The van der Waals surface area contributed by atoms with Crippen LogP contribution in [0.25, 0.3) is 0 Å². The molecule has 0 atom stereocenters. The van der Waals surface area contributed by atoms with Crippen LogP contribution in [0.2, 0.25) is 0 Å². The van der Waals surface area contributed by atoms with Gasteiger partial charge in [0, 0.05) is 12.1 Å². The molecule has 0 saturated carbocycles. The second-order valence-electron chi connectivity index (χ2n) is 4.05. The van der Waals surface area contributed by atoms with Crippen LogP contribution in [0.15, 0.2) is 30.5 Å². The number of para-hydroxylation sites is 1. The topological polar surface area (TPSA) is 86.1 Å². The highest BCUT2D eigenvalue weighted by molar-refractivity contribution is 5.76. The minimum atomic E-state index is -0.224. The molecule has 7 heteroatoms. The zero-order valence-corrected chi connectivity index (χ0v) is 10.9. The van der Waals surface area contributed by atoms with E-state index < -0.39 is 0 Å². The van der Waals surface area contributed by atoms with Gasteiger partial charge in [0.05, 0.1) is 13.3 Å². The molecule has 1 aromatic heterocycles. The average Bonchev–Trinajstić information content (AvgIpc) is 2.93. The summed E-state index contributed by atoms with van der Waals surface area (Å²) in [5.41, 5.74) is 1.08. The van der Waals surface area contributed by atoms with E-state index in [0.717, 1.165) is 11.3 Å². The first-order valence-electron chi connectivity index (χ1n) is 5.97. The number of hydrogen-bond donors (Lipinski definition) is 1. The van der Waals surface area contributed by atoms with Gasteiger partial charge >= 0.3 is 0 Å². The van der Waals surface area contributed by atoms with Crippen molar-refractivity contribution in [2.75, 3.05) is 7.11 Å². The van der Waals surface area contributed by atoms with Crippen molar-refractivity contribution in [2.45, 2.75) is 13.1 Å². The zero-order chi connectivity index (χ0) is 14.4. The quantitative estimate of drug-likeness (QED) is 0.771. The van der Waals surface area contributed by atoms with E-state index in [4.69, 9.17) is 4.74 Å². The van der Waals surface area contributed by atoms with Crippen LogP contribution in [-0.2, 0) is 17.9 Å². The van der Waals surface area contributed by atoms with E-state index in [-0.39, 0.29) is 18.1 Å². The summed E-state index contributed by atoms with van der Waals surface area (Å²) in [6.45, 7) is 0.369. The van der Waals surface area contributed by atoms with E-state index in [0.29, 0.717) is 12.8 Å². The number of nitrogens with zero attached hydrogens (tertiary/aromatic N) is 3. The second-order valence-corrected chi connectivity index (χ2v) is 4.05. The van der Waals surface area contributed by atoms with Crippen molar-refractivity contribution in [1.29, 1.82) is 0 Å². The van der Waals surface area contributed by atoms with E-state index in [1.807, 2.05) is 24.3 Å². The summed E-state index contributed by atoms with van der Waals surface area (Å²) in [6.07, 6.45) is 1.99. The first-order valence-corrected chi connectivity index (χ1v) is 5.97. The minimum absolute atomic E-state index is 0.00991. The molecule has 0 aliphatic carbocycles. The Labute approximate surface area is 115 Å². The molecular formula is C13H14N4O3. The van der Waals surface area contributed by atoms with Crippen molar-refractivity contribution in [3.8, 4) is 5.75 Å². The second kappa shape index (κ2) is 6.46. The summed E-state index contributed by atoms with van der Waals surface area (Å²) >= 11 is 0. The lowest BCUT2D eigenvalue weighted by Gasteiger charge is -2.09. The molecule has 1 amide bonds. The molecule has 0 unspecified atom stereocenters. The molecule has 0 bridgehead atoms. The monoisotopic (exact) mass is 274 g/mol. The van der Waals surface area contributed by atoms with Crippen LogP contribution < -0.4 is 10.1 Å². The van der Waals surface area contributed by atoms with E-state index in [2.05, 4.69) is 15.6 Å². The van der Waals surface area contributed by atoms with Crippen LogP contribution in [0.1, 0.15) is 16.1 Å². The summed E-state index contributed by atoms with van der Waals surface area (Å²) in [6, 6.07) is 7.44. The van der Waals surface area contributed by atoms with Crippen molar-refractivity contribution >= 4 is 12.2 Å². The Balaban J connectivity index is 1.90. The summed E-state index contributed by atoms with van der Waals surface area (Å²) in [5, 5.41) is 10.00. The molecule has 1 N–H and O–H groups in total. The van der Waals surface area contributed by atoms with Crippen LogP contribution in [0.3, 0.4) is 0 Å². The SMILES string of the molecule is COc1ccccc1CNC(=O)Cn1cc(C=O)nn1. The van der Waals surface area contributed by atoms with Crippen LogP contribution >= 0.6 is 0 Å². The third kappa shape index (κ3) is 3.41. The van der Waals surface area contributed by atoms with Crippen LogP contribution in [0, 0.1) is 0 Å². The summed E-state index contributed by atoms with van der Waals surface area (Å²) in [7, 11) is 1.58. The van der Waals surface area contributed by atoms with Gasteiger partial charge in [-0.1, -0.05) is 23.4 Å². The van der Waals surface area contributed by atoms with E-state index >= 15 is 0 Å². The van der Waals surface area contributed by atoms with Crippen LogP contribution in [0.4, 0.5) is 0 Å². The van der Waals surface area contributed by atoms with Gasteiger partial charge in [-0.15, -0.1) is 5.10 Å². The summed E-state index contributed by atoms with van der Waals surface area (Å²) < 4.78 is 6.50. The summed E-state index contributed by atoms with van der Waals surface area (Å²) in [5.74, 6) is 0.495. The highest BCUT2D eigenvalue weighted by Gasteiger charge is 2.07. The smallest absolute Gasteiger partial charge is 0.242 e. The Kier molecular flexibility index (Phi) is 4.43. The molecule has 2 aromatic rings. The number of aldehydes is 1. The Hall–Kier alpha value is -2.70. The standard InChI is InChI=1S/C13H14N4O3/c1-20-12-5-3-2-4-10(12)6-14-13(19)8-17-7-11(9-18)15-16-17/h2-5,7,9H,6,8H2,1H3,(H,14,19). The zero-order valence-electron chi connectivity index (χ0n) is 10.9. The van der Waals surface area contributed by atoms with E-state index in [1.54, 1.807) is 7.11 Å². The van der Waals surface area contributed by atoms with Gasteiger partial charge in [0.2, 0.25) is 5.91 Å². The van der Waals surface area contributed by atoms with Gasteiger partial charge in [-0.05, 0) is 6.07 Å². The molecule has 0 saturated heterocycles. The maximum absolute atomic E-state index is 11.8. The molecule has 0 fully saturated rings. The highest BCUT2D eigenvalue weighted by atomic mass is 16.5. The molecular weight excluding hydrogens is 260 g/mol. The molecule has 2 rings (SSSR count). The van der Waals surface area contributed by atoms with Crippen molar-refractivity contribution in [3.05, 3.63) is 41.7 Å². The highest BCUT2D eigenvalue weighted by Crippen LogP contribution is 2.16. The molecule has 104 valence electrons. The Morgan fingerprint density at radius 1 is 1.45 bits per heavy atom. The lowest BCUT2D eigenvalue weighted by molar-refractivity contribution is -0.122. The van der Waals surface area contributed by atoms with Crippen LogP contribution in [0.5, 0.6) is 5.75 Å². The molecule has 0 spiro atoms. The predicted octanol–water partition coefficient (Wildman–Crippen LogP) is 0.416. The molecule has 7 nitrogen and oxygen atoms in total. The number of benzene rings is 1. The number of carbonyl (C=O) groups excluding carboxylic acids is 2. The molecule has 0 aliphatic heterocycles. The number of ether oxygens (including phenoxy) is 1. The van der Waals surface area contributed by atoms with Crippen molar-refractivity contribution < 1.29 is 14.3 Å². The number of rotatable bonds is 6. The van der Waals surface area contributed by atoms with Gasteiger partial charge in [0.15, 0.2) is 6.29 Å². The fourth-order valence-electron chi connectivity index (χ4n) is 1.69. The van der Waals surface area contributed by atoms with Gasteiger partial charge in [0.25, 0.3) is 0 Å². The molecule has 20 heavy (non-hydrogen) atoms. The number of hydrogen-bond acceptors (Lipinski definition) is 5. The van der Waals surface area contributed by atoms with E-state index in [9.17, 15) is 9.59 Å². The van der Waals surface area contributed by atoms with Crippen molar-refractivity contribution in [2.24, 2.45) is 0 Å². The number of methoxy groups -OCH3 is 1. The maximum atomic E-state index is 11.8. The van der Waals surface area contributed by atoms with Gasteiger partial charge < -0.3 is 10.1 Å². The van der Waals surface area contributed by atoms with E-state index in [1.165, 1.54) is 10.9 Å². The van der Waals surface area contributed by atoms with Crippen molar-refractivity contribution in [1.82, 2.24) is 20.3 Å². The fourth-order valence-corrected chi connectivity index (χ4v) is 1.69. The molecule has 1 heterocycles. The van der Waals surface area contributed by atoms with Crippen LogP contribution in [-0.4, -0.2) is 34.3 Å². The van der Waals surface area contributed by atoms with Gasteiger partial charge in [-0.3, -0.25) is 9.59 Å². The average molecular weight is 274 g/mol. The third-order valence-electron chi connectivity index (χ3n) is 2.65. The Bertz CT molecular complexity index is 609. The van der Waals surface area contributed by atoms with Gasteiger partial charge in [-0.25, -0.2) is 4.68 Å². The number of aromatic nitrogens is 3. The van der Waals surface area contributed by atoms with Crippen molar-refractivity contribution in [3.63, 3.8) is 0 Å². The number of amides is 1. The first kappa shape index (κ1) is 13.7. The lowest BCUT2D eigenvalue weighted by atomic mass is 10.2. The third-order valence-corrected chi connectivity index (χ3v) is 2.65. The Morgan fingerprint density at radius 3 is 2.95 bits per heavy atom. The fraction of sp³-hybridized carbons (Fsp3) is 0.231. The first-order chi connectivity index (χ1) is 9.72. The van der Waals surface area contributed by atoms with Gasteiger partial charge in [0.1, 0.15) is 18.0 Å². The minimum Gasteiger partial charge on any atom is -0.496 e. The largest absolute Gasteiger partial charge is 0.496 e.